The van der Waals surface area contributed by atoms with Gasteiger partial charge in [0.15, 0.2) is 5.65 Å². The number of aromatic amines is 1. The van der Waals surface area contributed by atoms with Gasteiger partial charge in [0.05, 0.1) is 18.7 Å². The van der Waals surface area contributed by atoms with Crippen molar-refractivity contribution in [3.05, 3.63) is 30.5 Å². The minimum absolute atomic E-state index is 0.129. The number of H-pyrrole nitrogens is 1. The number of piperazine rings is 1. The Balaban J connectivity index is 1.40. The molecule has 0 spiro atoms. The quantitative estimate of drug-likeness (QED) is 0.636. The fourth-order valence-corrected chi connectivity index (χ4v) is 3.08. The third-order valence-corrected chi connectivity index (χ3v) is 4.51. The normalized spacial score (nSPS) is 14.4. The first-order chi connectivity index (χ1) is 13.1. The first kappa shape index (κ1) is 16.9. The average Bonchev–Trinajstić information content (AvgIpc) is 3.16. The number of nitrogens with one attached hydrogen (secondary N) is 2. The lowest BCUT2D eigenvalue weighted by Crippen LogP contribution is -2.50. The molecule has 0 radical (unpaired) electrons. The molecule has 1 aromatic carbocycles. The van der Waals surface area contributed by atoms with Crippen LogP contribution in [0.4, 0.5) is 22.2 Å². The maximum absolute atomic E-state index is 12.5. The molecule has 2 amide bonds. The van der Waals surface area contributed by atoms with Crippen molar-refractivity contribution in [1.29, 1.82) is 0 Å². The maximum atomic E-state index is 12.5. The van der Waals surface area contributed by atoms with Gasteiger partial charge in [0.2, 0.25) is 5.95 Å². The van der Waals surface area contributed by atoms with Gasteiger partial charge in [-0.3, -0.25) is 5.10 Å². The smallest absolute Gasteiger partial charge is 0.321 e. The van der Waals surface area contributed by atoms with Gasteiger partial charge < -0.3 is 25.6 Å². The van der Waals surface area contributed by atoms with Crippen LogP contribution in [0.5, 0.6) is 5.75 Å². The largest absolute Gasteiger partial charge is 0.497 e. The molecule has 1 aliphatic rings. The van der Waals surface area contributed by atoms with E-state index in [1.165, 1.54) is 0 Å². The van der Waals surface area contributed by atoms with Crippen LogP contribution in [0.2, 0.25) is 0 Å². The number of methoxy groups -OCH3 is 1. The highest BCUT2D eigenvalue weighted by molar-refractivity contribution is 5.90. The molecule has 4 N–H and O–H groups in total. The number of nitrogen functional groups attached to an aromatic ring is 1. The Morgan fingerprint density at radius 3 is 2.63 bits per heavy atom. The van der Waals surface area contributed by atoms with Crippen molar-refractivity contribution in [2.45, 2.75) is 0 Å². The number of hydrogen-bond donors (Lipinski definition) is 3. The van der Waals surface area contributed by atoms with Crippen molar-refractivity contribution in [3.63, 3.8) is 0 Å². The summed E-state index contributed by atoms with van der Waals surface area (Å²) in [5, 5.41) is 10.5. The summed E-state index contributed by atoms with van der Waals surface area (Å²) in [6.45, 7) is 2.44. The van der Waals surface area contributed by atoms with Gasteiger partial charge in [0.1, 0.15) is 11.6 Å². The van der Waals surface area contributed by atoms with Crippen molar-refractivity contribution in [2.24, 2.45) is 0 Å². The predicted molar refractivity (Wildman–Crippen MR) is 102 cm³/mol. The summed E-state index contributed by atoms with van der Waals surface area (Å²) in [6.07, 6.45) is 1.69. The first-order valence-electron chi connectivity index (χ1n) is 8.55. The Labute approximate surface area is 155 Å². The topological polar surface area (TPSA) is 125 Å². The van der Waals surface area contributed by atoms with Crippen LogP contribution in [0.15, 0.2) is 30.5 Å². The zero-order valence-corrected chi connectivity index (χ0v) is 14.8. The van der Waals surface area contributed by atoms with Crippen LogP contribution in [0.3, 0.4) is 0 Å². The Kier molecular flexibility index (Phi) is 4.37. The van der Waals surface area contributed by atoms with Crippen LogP contribution >= 0.6 is 0 Å². The molecule has 1 saturated heterocycles. The van der Waals surface area contributed by atoms with E-state index in [9.17, 15) is 4.79 Å². The van der Waals surface area contributed by atoms with E-state index in [4.69, 9.17) is 10.5 Å². The fraction of sp³-hybridized carbons (Fsp3) is 0.294. The van der Waals surface area contributed by atoms with E-state index in [2.05, 4.69) is 30.4 Å². The molecule has 140 valence electrons. The van der Waals surface area contributed by atoms with Crippen LogP contribution in [0.25, 0.3) is 11.0 Å². The predicted octanol–water partition coefficient (Wildman–Crippen LogP) is 1.30. The monoisotopic (exact) mass is 368 g/mol. The number of fused-ring (bicyclic) bond motifs is 1. The summed E-state index contributed by atoms with van der Waals surface area (Å²) in [6, 6.07) is 7.11. The Morgan fingerprint density at radius 1 is 1.19 bits per heavy atom. The second-order valence-electron chi connectivity index (χ2n) is 6.17. The van der Waals surface area contributed by atoms with Gasteiger partial charge in [-0.05, 0) is 24.3 Å². The number of rotatable bonds is 3. The van der Waals surface area contributed by atoms with Crippen molar-refractivity contribution >= 4 is 34.5 Å². The minimum Gasteiger partial charge on any atom is -0.497 e. The molecule has 0 unspecified atom stereocenters. The summed E-state index contributed by atoms with van der Waals surface area (Å²) in [5.74, 6) is 1.68. The number of hydrogen-bond acceptors (Lipinski definition) is 7. The lowest BCUT2D eigenvalue weighted by Gasteiger charge is -2.35. The zero-order chi connectivity index (χ0) is 18.8. The highest BCUT2D eigenvalue weighted by Gasteiger charge is 2.24. The summed E-state index contributed by atoms with van der Waals surface area (Å²) in [7, 11) is 1.61. The minimum atomic E-state index is -0.129. The summed E-state index contributed by atoms with van der Waals surface area (Å²) in [5.41, 5.74) is 7.13. The van der Waals surface area contributed by atoms with Crippen LogP contribution in [-0.4, -0.2) is 64.4 Å². The summed E-state index contributed by atoms with van der Waals surface area (Å²) in [4.78, 5) is 24.8. The Hall–Kier alpha value is -3.56. The SMILES string of the molecule is COc1ccc(NC(=O)N2CCN(c3nc(N)nc4[nH]ncc34)CC2)cc1. The molecule has 0 atom stereocenters. The number of ether oxygens (including phenoxy) is 1. The zero-order valence-electron chi connectivity index (χ0n) is 14.8. The molecule has 3 aromatic rings. The van der Waals surface area contributed by atoms with E-state index in [0.717, 1.165) is 22.6 Å². The number of benzene rings is 1. The van der Waals surface area contributed by atoms with E-state index in [1.54, 1.807) is 18.2 Å². The van der Waals surface area contributed by atoms with E-state index in [1.807, 2.05) is 24.3 Å². The van der Waals surface area contributed by atoms with E-state index in [0.29, 0.717) is 31.8 Å². The molecule has 2 aromatic heterocycles. The second kappa shape index (κ2) is 6.98. The van der Waals surface area contributed by atoms with Crippen molar-refractivity contribution in [3.8, 4) is 5.75 Å². The first-order valence-corrected chi connectivity index (χ1v) is 8.55. The Morgan fingerprint density at radius 2 is 1.93 bits per heavy atom. The van der Waals surface area contributed by atoms with Gasteiger partial charge in [-0.2, -0.15) is 15.1 Å². The average molecular weight is 368 g/mol. The van der Waals surface area contributed by atoms with Crippen molar-refractivity contribution < 1.29 is 9.53 Å². The molecule has 4 rings (SSSR count). The lowest BCUT2D eigenvalue weighted by atomic mass is 10.2. The van der Waals surface area contributed by atoms with Crippen LogP contribution < -0.4 is 20.7 Å². The third kappa shape index (κ3) is 3.41. The number of amides is 2. The fourth-order valence-electron chi connectivity index (χ4n) is 3.08. The number of urea groups is 1. The molecular formula is C17H20N8O2. The van der Waals surface area contributed by atoms with E-state index in [-0.39, 0.29) is 12.0 Å². The molecule has 10 heteroatoms. The number of aromatic nitrogens is 4. The molecule has 1 fully saturated rings. The number of carbonyl (C=O) groups is 1. The second-order valence-corrected chi connectivity index (χ2v) is 6.17. The number of carbonyl (C=O) groups excluding carboxylic acids is 1. The number of nitrogens with zero attached hydrogens (tertiary/aromatic N) is 5. The molecule has 1 aliphatic heterocycles. The molecule has 0 saturated carbocycles. The summed E-state index contributed by atoms with van der Waals surface area (Å²) >= 11 is 0. The van der Waals surface area contributed by atoms with Gasteiger partial charge in [0.25, 0.3) is 0 Å². The molecule has 0 bridgehead atoms. The van der Waals surface area contributed by atoms with E-state index >= 15 is 0 Å². The highest BCUT2D eigenvalue weighted by atomic mass is 16.5. The van der Waals surface area contributed by atoms with Crippen molar-refractivity contribution in [1.82, 2.24) is 25.1 Å². The highest BCUT2D eigenvalue weighted by Crippen LogP contribution is 2.24. The van der Waals surface area contributed by atoms with E-state index < -0.39 is 0 Å². The molecule has 10 nitrogen and oxygen atoms in total. The molecule has 0 aliphatic carbocycles. The maximum Gasteiger partial charge on any atom is 0.321 e. The van der Waals surface area contributed by atoms with Gasteiger partial charge in [-0.1, -0.05) is 0 Å². The third-order valence-electron chi connectivity index (χ3n) is 4.51. The van der Waals surface area contributed by atoms with Crippen LogP contribution in [-0.2, 0) is 0 Å². The van der Waals surface area contributed by atoms with Crippen molar-refractivity contribution in [2.75, 3.05) is 49.2 Å². The standard InChI is InChI=1S/C17H20N8O2/c1-27-12-4-2-11(3-5-12)20-17(26)25-8-6-24(7-9-25)15-13-10-19-23-14(13)21-16(18)22-15/h2-5,10H,6-9H2,1H3,(H,20,26)(H3,18,19,21,22,23). The van der Waals surface area contributed by atoms with Gasteiger partial charge in [-0.25, -0.2) is 4.79 Å². The van der Waals surface area contributed by atoms with Gasteiger partial charge in [0, 0.05) is 31.9 Å². The Bertz CT molecular complexity index is 947. The van der Waals surface area contributed by atoms with Crippen LogP contribution in [0.1, 0.15) is 0 Å². The number of nitrogens with two attached hydrogens (primary N) is 1. The van der Waals surface area contributed by atoms with Crippen LogP contribution in [0, 0.1) is 0 Å². The number of anilines is 3. The van der Waals surface area contributed by atoms with Gasteiger partial charge >= 0.3 is 6.03 Å². The lowest BCUT2D eigenvalue weighted by molar-refractivity contribution is 0.208. The molecular weight excluding hydrogens is 348 g/mol. The summed E-state index contributed by atoms with van der Waals surface area (Å²) < 4.78 is 5.12. The van der Waals surface area contributed by atoms with Gasteiger partial charge in [-0.15, -0.1) is 0 Å². The molecule has 3 heterocycles. The molecule has 27 heavy (non-hydrogen) atoms.